The minimum absolute atomic E-state index is 0. The summed E-state index contributed by atoms with van der Waals surface area (Å²) in [4.78, 5) is 9.32. The van der Waals surface area contributed by atoms with Crippen LogP contribution >= 0.6 is 0 Å². The second kappa shape index (κ2) is 16.0. The van der Waals surface area contributed by atoms with Gasteiger partial charge in [-0.1, -0.05) is 119 Å². The molecule has 5 heteroatoms. The van der Waals surface area contributed by atoms with Crippen molar-refractivity contribution in [3.63, 3.8) is 0 Å². The number of aromatic nitrogens is 2. The van der Waals surface area contributed by atoms with E-state index in [-0.39, 0.29) is 25.5 Å². The zero-order chi connectivity index (χ0) is 35.5. The molecule has 7 rings (SSSR count). The van der Waals surface area contributed by atoms with Crippen molar-refractivity contribution in [2.45, 2.75) is 73.0 Å². The summed E-state index contributed by atoms with van der Waals surface area (Å²) >= 11 is 0. The Balaban J connectivity index is 0.000000196. The summed E-state index contributed by atoms with van der Waals surface area (Å²) < 4.78 is 6.02. The van der Waals surface area contributed by atoms with Crippen LogP contribution in [0, 0.1) is 17.5 Å². The normalized spacial score (nSPS) is 11.7. The molecule has 0 unspecified atom stereocenters. The average Bonchev–Trinajstić information content (AvgIpc) is 3.45. The van der Waals surface area contributed by atoms with Gasteiger partial charge in [0.15, 0.2) is 0 Å². The molecule has 0 bridgehead atoms. The number of furan rings is 1. The van der Waals surface area contributed by atoms with Crippen molar-refractivity contribution in [1.82, 2.24) is 9.97 Å². The third-order valence-electron chi connectivity index (χ3n) is 8.95. The van der Waals surface area contributed by atoms with Gasteiger partial charge in [0.2, 0.25) is 0 Å². The molecule has 4 aromatic carbocycles. The molecule has 3 heterocycles. The first-order valence-corrected chi connectivity index (χ1v) is 21.2. The van der Waals surface area contributed by atoms with Gasteiger partial charge in [0.1, 0.15) is 5.58 Å². The molecule has 0 saturated heterocycles. The monoisotopic (exact) mass is 865 g/mol. The first-order valence-electron chi connectivity index (χ1n) is 17.7. The van der Waals surface area contributed by atoms with E-state index < -0.39 is 8.07 Å². The van der Waals surface area contributed by atoms with Gasteiger partial charge in [-0.05, 0) is 70.1 Å². The van der Waals surface area contributed by atoms with E-state index in [1.54, 1.807) is 0 Å². The van der Waals surface area contributed by atoms with Crippen molar-refractivity contribution in [1.29, 1.82) is 0 Å². The van der Waals surface area contributed by atoms with Crippen molar-refractivity contribution in [2.75, 3.05) is 0 Å². The summed E-state index contributed by atoms with van der Waals surface area (Å²) in [5.41, 5.74) is 11.5. The zero-order valence-electron chi connectivity index (χ0n) is 31.1. The summed E-state index contributed by atoms with van der Waals surface area (Å²) in [6, 6.07) is 42.5. The first kappa shape index (κ1) is 38.1. The van der Waals surface area contributed by atoms with E-state index in [0.29, 0.717) is 5.92 Å². The van der Waals surface area contributed by atoms with Gasteiger partial charge >= 0.3 is 0 Å². The first-order chi connectivity index (χ1) is 23.8. The Hall–Kier alpha value is -4.15. The second-order valence-corrected chi connectivity index (χ2v) is 20.9. The van der Waals surface area contributed by atoms with Crippen LogP contribution in [0.5, 0.6) is 0 Å². The molecule has 0 amide bonds. The summed E-state index contributed by atoms with van der Waals surface area (Å²) in [6.07, 6.45) is 5.99. The second-order valence-electron chi connectivity index (χ2n) is 15.8. The number of fused-ring (bicyclic) bond motifs is 3. The number of hydrogen-bond donors (Lipinski definition) is 0. The van der Waals surface area contributed by atoms with Crippen molar-refractivity contribution in [2.24, 2.45) is 5.41 Å². The SMILES string of the molecule is CC(C)c1ccc2oc3c[c-]c(-c4cc(CC(C)(C)C)ccn4)cc3c2c1.C[Si](C)(C)c1cnc(-c2[c-]cccc2)cc1Cc1ccccc1.[Ir]. The predicted octanol–water partition coefficient (Wildman–Crippen LogP) is 11.8. The molecule has 0 N–H and O–H groups in total. The topological polar surface area (TPSA) is 38.9 Å². The fourth-order valence-electron chi connectivity index (χ4n) is 6.42. The Morgan fingerprint density at radius 2 is 1.45 bits per heavy atom. The van der Waals surface area contributed by atoms with Crippen LogP contribution in [0.4, 0.5) is 0 Å². The van der Waals surface area contributed by atoms with Crippen molar-refractivity contribution in [3.8, 4) is 22.5 Å². The van der Waals surface area contributed by atoms with Crippen LogP contribution in [0.2, 0.25) is 19.6 Å². The minimum atomic E-state index is -1.43. The van der Waals surface area contributed by atoms with Gasteiger partial charge in [-0.25, -0.2) is 0 Å². The molecule has 0 aliphatic rings. The molecule has 263 valence electrons. The van der Waals surface area contributed by atoms with Gasteiger partial charge in [0.25, 0.3) is 0 Å². The fourth-order valence-corrected chi connectivity index (χ4v) is 8.00. The fraction of sp³-hybridized carbons (Fsp3) is 0.261. The Morgan fingerprint density at radius 3 is 2.14 bits per heavy atom. The molecule has 0 aliphatic carbocycles. The Labute approximate surface area is 319 Å². The van der Waals surface area contributed by atoms with Gasteiger partial charge in [-0.3, -0.25) is 0 Å². The number of hydrogen-bond acceptors (Lipinski definition) is 3. The largest absolute Gasteiger partial charge is 0.500 e. The van der Waals surface area contributed by atoms with Gasteiger partial charge in [0, 0.05) is 37.9 Å². The summed E-state index contributed by atoms with van der Waals surface area (Å²) in [5, 5.41) is 3.74. The predicted molar refractivity (Wildman–Crippen MR) is 214 cm³/mol. The number of nitrogens with zero attached hydrogens (tertiary/aromatic N) is 2. The molecule has 1 radical (unpaired) electrons. The summed E-state index contributed by atoms with van der Waals surface area (Å²) in [6.45, 7) is 18.4. The smallest absolute Gasteiger partial charge is 0.120 e. The van der Waals surface area contributed by atoms with Crippen LogP contribution < -0.4 is 5.19 Å². The standard InChI is InChI=1S/C25H26NO.C21H22NSi.Ir/c1-16(2)18-6-8-23-20(13-18)21-14-19(7-9-24(21)27-23)22-12-17(10-11-26-22)15-25(3,4)5;1-23(2,3)21-16-22-20(18-12-8-5-9-13-18)15-19(21)14-17-10-6-4-7-11-17;/h6,8-14,16H,15H2,1-5H3;4-12,15-16H,14H2,1-3H3;/q2*-1;. The van der Waals surface area contributed by atoms with Crippen LogP contribution in [0.3, 0.4) is 0 Å². The molecule has 51 heavy (non-hydrogen) atoms. The molecule has 7 aromatic rings. The maximum absolute atomic E-state index is 6.02. The van der Waals surface area contributed by atoms with E-state index in [1.165, 1.54) is 27.4 Å². The molecule has 0 atom stereocenters. The number of pyridine rings is 2. The maximum atomic E-state index is 6.02. The van der Waals surface area contributed by atoms with Crippen LogP contribution in [-0.2, 0) is 32.9 Å². The van der Waals surface area contributed by atoms with E-state index in [0.717, 1.165) is 57.3 Å². The third kappa shape index (κ3) is 9.59. The van der Waals surface area contributed by atoms with E-state index in [9.17, 15) is 0 Å². The van der Waals surface area contributed by atoms with E-state index in [1.807, 2.05) is 30.5 Å². The van der Waals surface area contributed by atoms with Gasteiger partial charge in [0.05, 0.1) is 13.7 Å². The Kier molecular flexibility index (Phi) is 12.0. The van der Waals surface area contributed by atoms with Gasteiger partial charge in [-0.2, -0.15) is 0 Å². The van der Waals surface area contributed by atoms with Gasteiger partial charge < -0.3 is 14.4 Å². The van der Waals surface area contributed by atoms with Crippen molar-refractivity contribution in [3.05, 3.63) is 150 Å². The maximum Gasteiger partial charge on any atom is 0.120 e. The number of rotatable bonds is 7. The minimum Gasteiger partial charge on any atom is -0.500 e. The molecule has 3 nitrogen and oxygen atoms in total. The summed E-state index contributed by atoms with van der Waals surface area (Å²) in [5.74, 6) is 0.491. The Bertz CT molecular complexity index is 2210. The van der Waals surface area contributed by atoms with E-state index >= 15 is 0 Å². The molecule has 0 spiro atoms. The number of benzene rings is 4. The molecule has 0 saturated carbocycles. The molecule has 0 fully saturated rings. The van der Waals surface area contributed by atoms with Crippen molar-refractivity contribution >= 4 is 35.2 Å². The van der Waals surface area contributed by atoms with E-state index in [4.69, 9.17) is 9.40 Å². The molecular formula is C46H48IrN2OSi-2. The van der Waals surface area contributed by atoms with Gasteiger partial charge in [-0.15, -0.1) is 59.7 Å². The van der Waals surface area contributed by atoms with Crippen LogP contribution in [-0.4, -0.2) is 18.0 Å². The van der Waals surface area contributed by atoms with Crippen LogP contribution in [0.1, 0.15) is 62.8 Å². The average molecular weight is 865 g/mol. The zero-order valence-corrected chi connectivity index (χ0v) is 34.5. The third-order valence-corrected chi connectivity index (χ3v) is 11.0. The van der Waals surface area contributed by atoms with Crippen molar-refractivity contribution < 1.29 is 24.5 Å². The molecule has 0 aliphatic heterocycles. The molecule has 3 aromatic heterocycles. The van der Waals surface area contributed by atoms with Crippen LogP contribution in [0.25, 0.3) is 44.5 Å². The van der Waals surface area contributed by atoms with Crippen LogP contribution in [0.15, 0.2) is 120 Å². The summed E-state index contributed by atoms with van der Waals surface area (Å²) in [7, 11) is -1.43. The van der Waals surface area contributed by atoms with E-state index in [2.05, 4.69) is 156 Å². The molecular weight excluding hydrogens is 817 g/mol. The Morgan fingerprint density at radius 1 is 0.725 bits per heavy atom. The quantitative estimate of drug-likeness (QED) is 0.118.